The Kier molecular flexibility index (Phi) is 4.94. The van der Waals surface area contributed by atoms with E-state index in [0.717, 1.165) is 4.48 Å². The van der Waals surface area contributed by atoms with Gasteiger partial charge in [-0.3, -0.25) is 0 Å². The van der Waals surface area contributed by atoms with Crippen molar-refractivity contribution in [1.29, 1.82) is 0 Å². The van der Waals surface area contributed by atoms with E-state index in [2.05, 4.69) is 28.2 Å². The van der Waals surface area contributed by atoms with Crippen LogP contribution in [0.3, 0.4) is 0 Å². The first-order valence-corrected chi connectivity index (χ1v) is 4.67. The maximum Gasteiger partial charge on any atom is 0.336 e. The Bertz CT molecular complexity index is 306. The van der Waals surface area contributed by atoms with Crippen molar-refractivity contribution in [1.82, 2.24) is 0 Å². The molecule has 0 unspecified atom stereocenters. The second-order valence-corrected chi connectivity index (χ2v) is 4.74. The molecule has 0 aliphatic rings. The van der Waals surface area contributed by atoms with Gasteiger partial charge in [0.05, 0.1) is 33.8 Å². The second kappa shape index (κ2) is 5.46. The predicted octanol–water partition coefficient (Wildman–Crippen LogP) is 0.532. The molecule has 84 valence electrons. The molecule has 0 aliphatic carbocycles. The van der Waals surface area contributed by atoms with Crippen LogP contribution in [0.2, 0.25) is 0 Å². The van der Waals surface area contributed by atoms with Gasteiger partial charge < -0.3 is 9.59 Å². The van der Waals surface area contributed by atoms with Crippen LogP contribution < -0.4 is 4.57 Å². The number of pyridine rings is 1. The average Bonchev–Trinajstić information content (AvgIpc) is 2.01. The van der Waals surface area contributed by atoms with Crippen LogP contribution in [-0.4, -0.2) is 43.7 Å². The van der Waals surface area contributed by atoms with Gasteiger partial charge >= 0.3 is 5.97 Å². The van der Waals surface area contributed by atoms with E-state index in [4.69, 9.17) is 5.11 Å². The van der Waals surface area contributed by atoms with Crippen LogP contribution in [0.5, 0.6) is 0 Å². The zero-order valence-corrected chi connectivity index (χ0v) is 10.1. The van der Waals surface area contributed by atoms with E-state index in [1.807, 2.05) is 7.05 Å². The molecule has 0 saturated carbocycles. The molecule has 4 heteroatoms. The van der Waals surface area contributed by atoms with Gasteiger partial charge in [-0.1, -0.05) is 0 Å². The Morgan fingerprint density at radius 3 is 1.80 bits per heavy atom. The van der Waals surface area contributed by atoms with Crippen molar-refractivity contribution in [2.45, 2.75) is 0 Å². The number of carboxylic acid groups (broad SMARTS) is 1. The van der Waals surface area contributed by atoms with E-state index in [-0.39, 0.29) is 0 Å². The summed E-state index contributed by atoms with van der Waals surface area (Å²) >= 11 is 0. The molecule has 15 heavy (non-hydrogen) atoms. The third kappa shape index (κ3) is 8.90. The summed E-state index contributed by atoms with van der Waals surface area (Å²) < 4.78 is 2.78. The van der Waals surface area contributed by atoms with Gasteiger partial charge in [-0.15, -0.1) is 0 Å². The lowest BCUT2D eigenvalue weighted by molar-refractivity contribution is -0.849. The van der Waals surface area contributed by atoms with Crippen LogP contribution in [0.15, 0.2) is 24.5 Å². The second-order valence-electron chi connectivity index (χ2n) is 4.74. The first-order chi connectivity index (χ1) is 6.70. The van der Waals surface area contributed by atoms with Crippen molar-refractivity contribution in [3.05, 3.63) is 30.1 Å². The molecule has 0 saturated heterocycles. The van der Waals surface area contributed by atoms with Crippen molar-refractivity contribution in [2.24, 2.45) is 7.05 Å². The van der Waals surface area contributed by atoms with Crippen LogP contribution in [0.4, 0.5) is 0 Å². The van der Waals surface area contributed by atoms with Crippen molar-refractivity contribution in [3.63, 3.8) is 0 Å². The maximum atomic E-state index is 10.3. The van der Waals surface area contributed by atoms with Crippen molar-refractivity contribution < 1.29 is 19.0 Å². The van der Waals surface area contributed by atoms with E-state index >= 15 is 0 Å². The van der Waals surface area contributed by atoms with Gasteiger partial charge in [0.25, 0.3) is 0 Å². The number of hydrogen-bond donors (Lipinski definition) is 1. The highest BCUT2D eigenvalue weighted by atomic mass is 16.4. The molecule has 1 N–H and O–H groups in total. The van der Waals surface area contributed by atoms with Crippen LogP contribution in [0.1, 0.15) is 10.4 Å². The molecule has 1 heterocycles. The Balaban J connectivity index is 0.000000336. The lowest BCUT2D eigenvalue weighted by Crippen LogP contribution is -2.27. The van der Waals surface area contributed by atoms with E-state index in [9.17, 15) is 4.79 Å². The summed E-state index contributed by atoms with van der Waals surface area (Å²) in [4.78, 5) is 10.3. The Morgan fingerprint density at radius 1 is 1.20 bits per heavy atom. The summed E-state index contributed by atoms with van der Waals surface area (Å²) in [6.07, 6.45) is 3.40. The van der Waals surface area contributed by atoms with Gasteiger partial charge in [0, 0.05) is 12.1 Å². The minimum Gasteiger partial charge on any atom is -0.478 e. The highest BCUT2D eigenvalue weighted by Gasteiger charge is 2.01. The molecule has 0 atom stereocenters. The van der Waals surface area contributed by atoms with E-state index < -0.39 is 5.97 Å². The van der Waals surface area contributed by atoms with Gasteiger partial charge in [0.15, 0.2) is 12.4 Å². The highest BCUT2D eigenvalue weighted by molar-refractivity contribution is 5.87. The number of hydrogen-bond acceptors (Lipinski definition) is 1. The molecule has 0 fully saturated rings. The molecule has 1 aromatic heterocycles. The minimum atomic E-state index is -0.888. The smallest absolute Gasteiger partial charge is 0.336 e. The molecular weight excluding hydrogens is 192 g/mol. The fourth-order valence-electron chi connectivity index (χ4n) is 0.644. The minimum absolute atomic E-state index is 0.318. The van der Waals surface area contributed by atoms with Crippen LogP contribution in [0.25, 0.3) is 0 Å². The van der Waals surface area contributed by atoms with Crippen LogP contribution in [0, 0.1) is 0 Å². The Morgan fingerprint density at radius 2 is 1.53 bits per heavy atom. The fraction of sp³-hybridized carbons (Fsp3) is 0.455. The summed E-state index contributed by atoms with van der Waals surface area (Å²) in [6.45, 7) is 0. The maximum absolute atomic E-state index is 10.3. The topological polar surface area (TPSA) is 41.2 Å². The fourth-order valence-corrected chi connectivity index (χ4v) is 0.644. The van der Waals surface area contributed by atoms with Gasteiger partial charge in [0.2, 0.25) is 0 Å². The average molecular weight is 212 g/mol. The quantitative estimate of drug-likeness (QED) is 0.545. The molecule has 0 bridgehead atoms. The Hall–Kier alpha value is -1.42. The van der Waals surface area contributed by atoms with Gasteiger partial charge in [-0.25, -0.2) is 9.36 Å². The summed E-state index contributed by atoms with van der Waals surface area (Å²) in [6, 6.07) is 3.12. The van der Waals surface area contributed by atoms with Crippen molar-refractivity contribution in [2.75, 3.05) is 28.2 Å². The number of rotatable bonds is 1. The van der Waals surface area contributed by atoms with Crippen molar-refractivity contribution in [3.8, 4) is 0 Å². The monoisotopic (exact) mass is 212 g/mol. The summed E-state index contributed by atoms with van der Waals surface area (Å²) in [7, 11) is 10.3. The van der Waals surface area contributed by atoms with E-state index in [1.165, 1.54) is 0 Å². The highest BCUT2D eigenvalue weighted by Crippen LogP contribution is 1.92. The van der Waals surface area contributed by atoms with E-state index in [1.54, 1.807) is 29.1 Å². The number of aryl methyl sites for hydroxylation is 1. The molecule has 1 rings (SSSR count). The zero-order chi connectivity index (χ0) is 12.1. The van der Waals surface area contributed by atoms with Gasteiger partial charge in [-0.05, 0) is 0 Å². The van der Waals surface area contributed by atoms with E-state index in [0.29, 0.717) is 5.56 Å². The molecule has 0 aromatic carbocycles. The number of nitrogens with zero attached hydrogens (tertiary/aromatic N) is 2. The molecular formula is C11H20N2O2+2. The SMILES string of the molecule is C[N+](C)(C)C.C[n+]1ccc(C(=O)O)cc1. The molecule has 4 nitrogen and oxygen atoms in total. The molecule has 0 radical (unpaired) electrons. The molecule has 0 amide bonds. The standard InChI is InChI=1S/C7H7NO2.C4H12N/c1-8-4-2-6(3-5-8)7(9)10;1-5(2,3)4/h2-5H,1H3;1-4H3/q;+1/p+1. The van der Waals surface area contributed by atoms with Gasteiger partial charge in [0.1, 0.15) is 7.05 Å². The predicted molar refractivity (Wildman–Crippen MR) is 58.5 cm³/mol. The van der Waals surface area contributed by atoms with Gasteiger partial charge in [-0.2, -0.15) is 0 Å². The van der Waals surface area contributed by atoms with Crippen molar-refractivity contribution >= 4 is 5.97 Å². The Labute approximate surface area is 91.0 Å². The summed E-state index contributed by atoms with van der Waals surface area (Å²) in [5.74, 6) is -0.888. The molecule has 0 spiro atoms. The third-order valence-electron chi connectivity index (χ3n) is 1.23. The van der Waals surface area contributed by atoms with Crippen LogP contribution >= 0.6 is 0 Å². The number of aromatic carboxylic acids is 1. The number of carboxylic acids is 1. The summed E-state index contributed by atoms with van der Waals surface area (Å²) in [5.41, 5.74) is 0.318. The summed E-state index contributed by atoms with van der Waals surface area (Å²) in [5, 5.41) is 8.47. The molecule has 1 aromatic rings. The zero-order valence-electron chi connectivity index (χ0n) is 10.1. The number of carbonyl (C=O) groups is 1. The first kappa shape index (κ1) is 13.6. The lowest BCUT2D eigenvalue weighted by atomic mass is 10.3. The number of aromatic nitrogens is 1. The normalized spacial score (nSPS) is 10.2. The van der Waals surface area contributed by atoms with Crippen LogP contribution in [-0.2, 0) is 7.05 Å². The lowest BCUT2D eigenvalue weighted by Gasteiger charge is -2.14. The third-order valence-corrected chi connectivity index (χ3v) is 1.23. The largest absolute Gasteiger partial charge is 0.478 e. The number of quaternary nitrogens is 1. The molecule has 0 aliphatic heterocycles. The first-order valence-electron chi connectivity index (χ1n) is 4.67.